The number of thioether (sulfide) groups is 1. The van der Waals surface area contributed by atoms with Crippen LogP contribution < -0.4 is 5.32 Å². The molecule has 2 heterocycles. The molecule has 1 aromatic carbocycles. The van der Waals surface area contributed by atoms with Gasteiger partial charge in [-0.05, 0) is 24.5 Å². The van der Waals surface area contributed by atoms with Crippen LogP contribution in [0.2, 0.25) is 0 Å². The van der Waals surface area contributed by atoms with Crippen molar-refractivity contribution in [3.63, 3.8) is 0 Å². The van der Waals surface area contributed by atoms with Crippen LogP contribution in [0.25, 0.3) is 5.69 Å². The third-order valence-electron chi connectivity index (χ3n) is 3.33. The molecule has 6 nitrogen and oxygen atoms in total. The molecule has 2 aromatic heterocycles. The Bertz CT molecular complexity index is 856. The maximum Gasteiger partial charge on any atom is 0.257 e. The van der Waals surface area contributed by atoms with Crippen LogP contribution >= 0.6 is 23.1 Å². The number of rotatable bonds is 5. The molecule has 0 aliphatic heterocycles. The molecule has 0 saturated carbocycles. The average Bonchev–Trinajstić information content (AvgIpc) is 3.23. The van der Waals surface area contributed by atoms with Crippen LogP contribution in [0.4, 0.5) is 5.13 Å². The Morgan fingerprint density at radius 2 is 2.17 bits per heavy atom. The lowest BCUT2D eigenvalue weighted by molar-refractivity contribution is 0.102. The van der Waals surface area contributed by atoms with Gasteiger partial charge in [0.05, 0.1) is 0 Å². The quantitative estimate of drug-likeness (QED) is 0.701. The van der Waals surface area contributed by atoms with Gasteiger partial charge in [0.25, 0.3) is 5.91 Å². The summed E-state index contributed by atoms with van der Waals surface area (Å²) >= 11 is 2.95. The van der Waals surface area contributed by atoms with E-state index in [2.05, 4.69) is 20.5 Å². The van der Waals surface area contributed by atoms with Crippen LogP contribution in [-0.2, 0) is 0 Å². The fourth-order valence-electron chi connectivity index (χ4n) is 2.12. The zero-order valence-corrected chi connectivity index (χ0v) is 15.2. The van der Waals surface area contributed by atoms with Gasteiger partial charge in [-0.15, -0.1) is 10.2 Å². The summed E-state index contributed by atoms with van der Waals surface area (Å²) in [6.45, 7) is 4.09. The van der Waals surface area contributed by atoms with Crippen LogP contribution in [0.15, 0.2) is 41.8 Å². The van der Waals surface area contributed by atoms with Crippen LogP contribution in [0.1, 0.15) is 35.1 Å². The van der Waals surface area contributed by atoms with E-state index in [9.17, 15) is 4.79 Å². The van der Waals surface area contributed by atoms with Crippen LogP contribution in [0, 0.1) is 0 Å². The minimum absolute atomic E-state index is 0.200. The van der Waals surface area contributed by atoms with E-state index in [0.29, 0.717) is 16.6 Å². The van der Waals surface area contributed by atoms with Crippen LogP contribution in [-0.4, -0.2) is 31.9 Å². The zero-order chi connectivity index (χ0) is 17.1. The van der Waals surface area contributed by atoms with Gasteiger partial charge in [-0.1, -0.05) is 43.0 Å². The van der Waals surface area contributed by atoms with Crippen molar-refractivity contribution in [2.24, 2.45) is 0 Å². The Morgan fingerprint density at radius 3 is 2.88 bits per heavy atom. The minimum atomic E-state index is -0.200. The molecule has 24 heavy (non-hydrogen) atoms. The molecule has 0 aliphatic carbocycles. The van der Waals surface area contributed by atoms with Crippen molar-refractivity contribution in [2.75, 3.05) is 11.6 Å². The van der Waals surface area contributed by atoms with E-state index >= 15 is 0 Å². The Balaban J connectivity index is 1.81. The average molecular weight is 359 g/mol. The summed E-state index contributed by atoms with van der Waals surface area (Å²) in [5.74, 6) is 0.0943. The Kier molecular flexibility index (Phi) is 4.96. The van der Waals surface area contributed by atoms with Gasteiger partial charge in [0.1, 0.15) is 5.01 Å². The van der Waals surface area contributed by atoms with Gasteiger partial charge in [0.2, 0.25) is 5.13 Å². The van der Waals surface area contributed by atoms with E-state index in [0.717, 1.165) is 15.9 Å². The summed E-state index contributed by atoms with van der Waals surface area (Å²) in [6.07, 6.45) is 5.59. The largest absolute Gasteiger partial charge is 0.296 e. The molecule has 0 radical (unpaired) electrons. The molecule has 0 spiro atoms. The molecule has 0 aliphatic rings. The highest BCUT2D eigenvalue weighted by Gasteiger charge is 2.13. The standard InChI is InChI=1S/C16H17N5OS2/c1-10(2)14-19-20-15(24-14)18-13(22)11-5-4-6-12(9-11)21-8-7-17-16(21)23-3/h4-10H,1-3H3,(H,18,20,22). The maximum atomic E-state index is 12.5. The van der Waals surface area contributed by atoms with E-state index in [1.807, 2.05) is 49.1 Å². The second kappa shape index (κ2) is 7.14. The maximum absolute atomic E-state index is 12.5. The SMILES string of the molecule is CSc1nccn1-c1cccc(C(=O)Nc2nnc(C(C)C)s2)c1. The van der Waals surface area contributed by atoms with Gasteiger partial charge in [-0.2, -0.15) is 0 Å². The third-order valence-corrected chi connectivity index (χ3v) is 5.14. The summed E-state index contributed by atoms with van der Waals surface area (Å²) in [6, 6.07) is 7.41. The van der Waals surface area contributed by atoms with Gasteiger partial charge < -0.3 is 0 Å². The first-order valence-corrected chi connectivity index (χ1v) is 9.45. The van der Waals surface area contributed by atoms with Crippen LogP contribution in [0.5, 0.6) is 0 Å². The van der Waals surface area contributed by atoms with Crippen molar-refractivity contribution in [2.45, 2.75) is 24.9 Å². The Hall–Kier alpha value is -2.19. The first-order valence-electron chi connectivity index (χ1n) is 7.41. The number of hydrogen-bond donors (Lipinski definition) is 1. The molecule has 3 rings (SSSR count). The second-order valence-electron chi connectivity index (χ2n) is 5.39. The predicted octanol–water partition coefficient (Wildman–Crippen LogP) is 3.82. The normalized spacial score (nSPS) is 11.0. The van der Waals surface area contributed by atoms with Gasteiger partial charge in [-0.25, -0.2) is 4.98 Å². The number of hydrogen-bond acceptors (Lipinski definition) is 6. The van der Waals surface area contributed by atoms with E-state index in [1.54, 1.807) is 24.0 Å². The Morgan fingerprint density at radius 1 is 1.33 bits per heavy atom. The molecular weight excluding hydrogens is 342 g/mol. The fraction of sp³-hybridized carbons (Fsp3) is 0.250. The molecule has 0 atom stereocenters. The second-order valence-corrected chi connectivity index (χ2v) is 7.17. The molecule has 0 bridgehead atoms. The fourth-order valence-corrected chi connectivity index (χ4v) is 3.39. The first kappa shape index (κ1) is 16.7. The monoisotopic (exact) mass is 359 g/mol. The summed E-state index contributed by atoms with van der Waals surface area (Å²) in [5.41, 5.74) is 1.46. The van der Waals surface area contributed by atoms with Crippen LogP contribution in [0.3, 0.4) is 0 Å². The number of nitrogens with one attached hydrogen (secondary N) is 1. The Labute approximate surface area is 148 Å². The molecule has 124 valence electrons. The highest BCUT2D eigenvalue weighted by Crippen LogP contribution is 2.23. The molecule has 0 fully saturated rings. The molecule has 0 saturated heterocycles. The number of imidazole rings is 1. The molecule has 1 N–H and O–H groups in total. The van der Waals surface area contributed by atoms with Gasteiger partial charge in [-0.3, -0.25) is 14.7 Å². The smallest absolute Gasteiger partial charge is 0.257 e. The van der Waals surface area contributed by atoms with Crippen molar-refractivity contribution in [1.82, 2.24) is 19.7 Å². The lowest BCUT2D eigenvalue weighted by Gasteiger charge is -2.08. The highest BCUT2D eigenvalue weighted by atomic mass is 32.2. The zero-order valence-electron chi connectivity index (χ0n) is 13.6. The van der Waals surface area contributed by atoms with Gasteiger partial charge in [0, 0.05) is 29.6 Å². The number of carbonyl (C=O) groups excluding carboxylic acids is 1. The molecule has 3 aromatic rings. The van der Waals surface area contributed by atoms with Crippen molar-refractivity contribution in [3.8, 4) is 5.69 Å². The summed E-state index contributed by atoms with van der Waals surface area (Å²) in [7, 11) is 0. The van der Waals surface area contributed by atoms with E-state index in [-0.39, 0.29) is 5.91 Å². The summed E-state index contributed by atoms with van der Waals surface area (Å²) in [5, 5.41) is 13.2. The van der Waals surface area contributed by atoms with Crippen molar-refractivity contribution in [3.05, 3.63) is 47.2 Å². The number of nitrogens with zero attached hydrogens (tertiary/aromatic N) is 4. The highest BCUT2D eigenvalue weighted by molar-refractivity contribution is 7.98. The number of amides is 1. The number of aromatic nitrogens is 4. The molecular formula is C16H17N5OS2. The number of carbonyl (C=O) groups is 1. The lowest BCUT2D eigenvalue weighted by Crippen LogP contribution is -2.12. The first-order chi connectivity index (χ1) is 11.6. The van der Waals surface area contributed by atoms with E-state index < -0.39 is 0 Å². The minimum Gasteiger partial charge on any atom is -0.296 e. The molecule has 0 unspecified atom stereocenters. The predicted molar refractivity (Wildman–Crippen MR) is 97.3 cm³/mol. The van der Waals surface area contributed by atoms with Crippen molar-refractivity contribution >= 4 is 34.1 Å². The lowest BCUT2D eigenvalue weighted by atomic mass is 10.2. The number of anilines is 1. The van der Waals surface area contributed by atoms with Crippen molar-refractivity contribution in [1.29, 1.82) is 0 Å². The van der Waals surface area contributed by atoms with E-state index in [1.165, 1.54) is 11.3 Å². The number of benzene rings is 1. The molecule has 8 heteroatoms. The van der Waals surface area contributed by atoms with Crippen molar-refractivity contribution < 1.29 is 4.79 Å². The summed E-state index contributed by atoms with van der Waals surface area (Å²) in [4.78, 5) is 16.7. The van der Waals surface area contributed by atoms with Gasteiger partial charge >= 0.3 is 0 Å². The topological polar surface area (TPSA) is 72.7 Å². The molecule has 1 amide bonds. The summed E-state index contributed by atoms with van der Waals surface area (Å²) < 4.78 is 1.95. The van der Waals surface area contributed by atoms with Gasteiger partial charge in [0.15, 0.2) is 5.16 Å². The van der Waals surface area contributed by atoms with E-state index in [4.69, 9.17) is 0 Å². The third kappa shape index (κ3) is 3.49.